The highest BCUT2D eigenvalue weighted by molar-refractivity contribution is 6.31. The van der Waals surface area contributed by atoms with Gasteiger partial charge in [-0.2, -0.15) is 0 Å². The van der Waals surface area contributed by atoms with E-state index in [0.29, 0.717) is 39.7 Å². The number of benzene rings is 2. The molecule has 1 aromatic heterocycles. The van der Waals surface area contributed by atoms with Crippen molar-refractivity contribution in [2.24, 2.45) is 5.41 Å². The molecule has 3 rings (SSSR count). The summed E-state index contributed by atoms with van der Waals surface area (Å²) in [6, 6.07) is 11.6. The molecule has 0 radical (unpaired) electrons. The summed E-state index contributed by atoms with van der Waals surface area (Å²) in [5.41, 5.74) is 0.118. The maximum absolute atomic E-state index is 13.6. The molecule has 1 unspecified atom stereocenters. The maximum Gasteiger partial charge on any atom is 0.266 e. The summed E-state index contributed by atoms with van der Waals surface area (Å²) in [4.78, 5) is 33.3. The number of halogens is 2. The van der Waals surface area contributed by atoms with Crippen LogP contribution in [0.15, 0.2) is 47.3 Å². The molecule has 1 atom stereocenters. The van der Waals surface area contributed by atoms with Crippen molar-refractivity contribution in [1.82, 2.24) is 14.5 Å². The number of amides is 1. The van der Waals surface area contributed by atoms with Crippen molar-refractivity contribution >= 4 is 40.0 Å². The number of alkyl halides is 1. The van der Waals surface area contributed by atoms with E-state index in [0.717, 1.165) is 0 Å². The largest absolute Gasteiger partial charge is 0.497 e. The topological polar surface area (TPSA) is 64.4 Å². The van der Waals surface area contributed by atoms with E-state index in [1.807, 2.05) is 27.7 Å². The molecule has 0 bridgehead atoms. The van der Waals surface area contributed by atoms with Gasteiger partial charge in [0.15, 0.2) is 0 Å². The van der Waals surface area contributed by atoms with Gasteiger partial charge in [-0.3, -0.25) is 14.2 Å². The zero-order valence-electron chi connectivity index (χ0n) is 18.9. The van der Waals surface area contributed by atoms with Gasteiger partial charge in [0, 0.05) is 17.4 Å². The molecule has 0 saturated heterocycles. The highest BCUT2D eigenvalue weighted by Gasteiger charge is 2.35. The monoisotopic (exact) mass is 475 g/mol. The average Bonchev–Trinajstić information content (AvgIpc) is 2.79. The minimum atomic E-state index is -0.753. The molecule has 3 aromatic rings. The second kappa shape index (κ2) is 9.51. The highest BCUT2D eigenvalue weighted by atomic mass is 35.5. The molecule has 0 aliphatic carbocycles. The lowest BCUT2D eigenvalue weighted by Gasteiger charge is -2.35. The first-order chi connectivity index (χ1) is 15.1. The van der Waals surface area contributed by atoms with Crippen molar-refractivity contribution in [1.29, 1.82) is 0 Å². The zero-order chi connectivity index (χ0) is 23.6. The standard InChI is InChI=1S/C24H27Cl2N3O3/c1-6-28(23(31)24(3,4)14-25)15(2)21-27-20-13-16(26)7-12-19(20)22(30)29(21)17-8-10-18(32-5)11-9-17/h7-13,15H,6,14H2,1-5H3. The summed E-state index contributed by atoms with van der Waals surface area (Å²) in [6.07, 6.45) is 0. The van der Waals surface area contributed by atoms with Crippen molar-refractivity contribution in [2.75, 3.05) is 19.5 Å². The minimum absolute atomic E-state index is 0.107. The number of carbonyl (C=O) groups is 1. The number of fused-ring (bicyclic) bond motifs is 1. The van der Waals surface area contributed by atoms with Crippen LogP contribution in [-0.4, -0.2) is 39.9 Å². The Bertz CT molecular complexity index is 1190. The second-order valence-electron chi connectivity index (χ2n) is 8.25. The summed E-state index contributed by atoms with van der Waals surface area (Å²) in [7, 11) is 1.58. The number of rotatable bonds is 7. The third kappa shape index (κ3) is 4.48. The van der Waals surface area contributed by atoms with Gasteiger partial charge in [-0.25, -0.2) is 4.98 Å². The Morgan fingerprint density at radius 2 is 1.88 bits per heavy atom. The SMILES string of the molecule is CCN(C(=O)C(C)(C)CCl)C(C)c1nc2cc(Cl)ccc2c(=O)n1-c1ccc(OC)cc1. The van der Waals surface area contributed by atoms with Gasteiger partial charge in [-0.15, -0.1) is 11.6 Å². The lowest BCUT2D eigenvalue weighted by molar-refractivity contribution is -0.141. The molecule has 0 fully saturated rings. The van der Waals surface area contributed by atoms with Crippen LogP contribution in [0.1, 0.15) is 39.6 Å². The normalized spacial score (nSPS) is 12.6. The predicted molar refractivity (Wildman–Crippen MR) is 129 cm³/mol. The first kappa shape index (κ1) is 24.1. The summed E-state index contributed by atoms with van der Waals surface area (Å²) < 4.78 is 6.80. The van der Waals surface area contributed by atoms with Gasteiger partial charge >= 0.3 is 0 Å². The number of carbonyl (C=O) groups excluding carboxylic acids is 1. The van der Waals surface area contributed by atoms with Gasteiger partial charge in [-0.05, 0) is 70.2 Å². The van der Waals surface area contributed by atoms with Crippen LogP contribution in [0.25, 0.3) is 16.6 Å². The van der Waals surface area contributed by atoms with E-state index >= 15 is 0 Å². The number of hydrogen-bond acceptors (Lipinski definition) is 4. The van der Waals surface area contributed by atoms with E-state index in [9.17, 15) is 9.59 Å². The van der Waals surface area contributed by atoms with E-state index in [1.165, 1.54) is 0 Å². The molecule has 32 heavy (non-hydrogen) atoms. The van der Waals surface area contributed by atoms with E-state index in [1.54, 1.807) is 59.0 Å². The molecule has 0 spiro atoms. The molecular weight excluding hydrogens is 449 g/mol. The number of nitrogens with zero attached hydrogens (tertiary/aromatic N) is 3. The molecular formula is C24H27Cl2N3O3. The molecule has 0 aliphatic rings. The maximum atomic E-state index is 13.6. The molecule has 0 N–H and O–H groups in total. The number of ether oxygens (including phenoxy) is 1. The average molecular weight is 476 g/mol. The molecule has 170 valence electrons. The Labute approximate surface area is 197 Å². The fourth-order valence-electron chi connectivity index (χ4n) is 3.62. The number of methoxy groups -OCH3 is 1. The molecule has 0 saturated carbocycles. The van der Waals surface area contributed by atoms with Crippen LogP contribution in [0.4, 0.5) is 0 Å². The number of aromatic nitrogens is 2. The van der Waals surface area contributed by atoms with Crippen molar-refractivity contribution in [2.45, 2.75) is 33.7 Å². The van der Waals surface area contributed by atoms with Crippen molar-refractivity contribution < 1.29 is 9.53 Å². The first-order valence-electron chi connectivity index (χ1n) is 10.4. The fourth-order valence-corrected chi connectivity index (χ4v) is 3.90. The fraction of sp³-hybridized carbons (Fsp3) is 0.375. The van der Waals surface area contributed by atoms with Gasteiger partial charge in [0.25, 0.3) is 5.56 Å². The smallest absolute Gasteiger partial charge is 0.266 e. The van der Waals surface area contributed by atoms with E-state index < -0.39 is 11.5 Å². The first-order valence-corrected chi connectivity index (χ1v) is 11.3. The van der Waals surface area contributed by atoms with E-state index in [-0.39, 0.29) is 17.3 Å². The van der Waals surface area contributed by atoms with Crippen molar-refractivity contribution in [3.05, 3.63) is 63.7 Å². The quantitative estimate of drug-likeness (QED) is 0.439. The second-order valence-corrected chi connectivity index (χ2v) is 8.96. The molecule has 1 amide bonds. The Kier molecular flexibility index (Phi) is 7.16. The van der Waals surface area contributed by atoms with Gasteiger partial charge < -0.3 is 9.64 Å². The Hall–Kier alpha value is -2.57. The van der Waals surface area contributed by atoms with Crippen LogP contribution in [0, 0.1) is 5.41 Å². The third-order valence-corrected chi connectivity index (χ3v) is 6.45. The Morgan fingerprint density at radius 3 is 2.44 bits per heavy atom. The summed E-state index contributed by atoms with van der Waals surface area (Å²) in [5.74, 6) is 1.19. The van der Waals surface area contributed by atoms with Gasteiger partial charge in [0.1, 0.15) is 11.6 Å². The summed E-state index contributed by atoms with van der Waals surface area (Å²) in [6.45, 7) is 7.81. The van der Waals surface area contributed by atoms with Gasteiger partial charge in [0.2, 0.25) is 5.91 Å². The van der Waals surface area contributed by atoms with E-state index in [2.05, 4.69) is 0 Å². The van der Waals surface area contributed by atoms with Crippen LogP contribution in [-0.2, 0) is 4.79 Å². The molecule has 2 aromatic carbocycles. The lowest BCUT2D eigenvalue weighted by atomic mass is 9.93. The van der Waals surface area contributed by atoms with Crippen LogP contribution in [0.5, 0.6) is 5.75 Å². The van der Waals surface area contributed by atoms with Crippen molar-refractivity contribution in [3.8, 4) is 11.4 Å². The summed E-state index contributed by atoms with van der Waals surface area (Å²) in [5, 5.41) is 0.925. The van der Waals surface area contributed by atoms with Gasteiger partial charge in [-0.1, -0.05) is 11.6 Å². The van der Waals surface area contributed by atoms with Crippen molar-refractivity contribution in [3.63, 3.8) is 0 Å². The molecule has 8 heteroatoms. The highest BCUT2D eigenvalue weighted by Crippen LogP contribution is 2.29. The molecule has 1 heterocycles. The molecule has 6 nitrogen and oxygen atoms in total. The Balaban J connectivity index is 2.27. The van der Waals surface area contributed by atoms with Gasteiger partial charge in [0.05, 0.1) is 35.2 Å². The van der Waals surface area contributed by atoms with E-state index in [4.69, 9.17) is 32.9 Å². The van der Waals surface area contributed by atoms with Crippen LogP contribution in [0.3, 0.4) is 0 Å². The zero-order valence-corrected chi connectivity index (χ0v) is 20.4. The Morgan fingerprint density at radius 1 is 1.22 bits per heavy atom. The number of hydrogen-bond donors (Lipinski definition) is 0. The minimum Gasteiger partial charge on any atom is -0.497 e. The van der Waals surface area contributed by atoms with Crippen LogP contribution in [0.2, 0.25) is 5.02 Å². The van der Waals surface area contributed by atoms with Crippen LogP contribution < -0.4 is 10.3 Å². The van der Waals surface area contributed by atoms with Crippen LogP contribution >= 0.6 is 23.2 Å². The lowest BCUT2D eigenvalue weighted by Crippen LogP contribution is -2.44. The predicted octanol–water partition coefficient (Wildman–Crippen LogP) is 5.22. The molecule has 0 aliphatic heterocycles. The summed E-state index contributed by atoms with van der Waals surface area (Å²) >= 11 is 12.2. The third-order valence-electron chi connectivity index (χ3n) is 5.54.